The van der Waals surface area contributed by atoms with E-state index in [-0.39, 0.29) is 5.97 Å². The second kappa shape index (κ2) is 10.5. The molecule has 0 atom stereocenters. The van der Waals surface area contributed by atoms with Gasteiger partial charge < -0.3 is 14.6 Å². The Balaban J connectivity index is 1.42. The monoisotopic (exact) mass is 457 g/mol. The van der Waals surface area contributed by atoms with Gasteiger partial charge in [0.2, 0.25) is 0 Å². The first-order valence-electron chi connectivity index (χ1n) is 11.7. The summed E-state index contributed by atoms with van der Waals surface area (Å²) in [5, 5.41) is 3.51. The fourth-order valence-corrected chi connectivity index (χ4v) is 4.47. The van der Waals surface area contributed by atoms with Gasteiger partial charge in [-0.05, 0) is 49.9 Å². The number of esters is 1. The Hall–Kier alpha value is -3.63. The molecule has 0 aliphatic carbocycles. The number of piperidine rings is 1. The molecule has 1 saturated heterocycles. The first-order chi connectivity index (χ1) is 16.5. The second-order valence-corrected chi connectivity index (χ2v) is 8.86. The van der Waals surface area contributed by atoms with Gasteiger partial charge in [-0.15, -0.1) is 0 Å². The average Bonchev–Trinajstić information content (AvgIpc) is 3.27. The van der Waals surface area contributed by atoms with Crippen LogP contribution in [0.3, 0.4) is 0 Å². The number of hydrogen-bond acceptors (Lipinski definition) is 5. The van der Waals surface area contributed by atoms with Crippen LogP contribution in [0, 0.1) is 13.5 Å². The van der Waals surface area contributed by atoms with Crippen molar-refractivity contribution in [3.05, 3.63) is 89.3 Å². The van der Waals surface area contributed by atoms with E-state index in [0.717, 1.165) is 42.1 Å². The number of hydrogen-bond donors (Lipinski definition) is 1. The minimum absolute atomic E-state index is 0.177. The summed E-state index contributed by atoms with van der Waals surface area (Å²) in [4.78, 5) is 23.2. The predicted molar refractivity (Wildman–Crippen MR) is 133 cm³/mol. The minimum Gasteiger partial charge on any atom is -0.464 e. The number of aryl methyl sites for hydroxylation is 1. The molecule has 3 aromatic rings. The van der Waals surface area contributed by atoms with Gasteiger partial charge >= 0.3 is 5.97 Å². The number of aromatic nitrogens is 2. The molecule has 0 unspecified atom stereocenters. The number of ether oxygens (including phenoxy) is 1. The van der Waals surface area contributed by atoms with Crippen LogP contribution in [0.25, 0.3) is 4.85 Å². The molecule has 1 aliphatic heterocycles. The standard InChI is InChI=1S/C27H31N5O2/c1-4-34-26(33)27(30-24-7-5-6-21(2)16-24)12-14-31(15-13-27)19-25-17-29-20-32(25)18-22-8-10-23(28-3)11-9-22/h5-11,16-17,20,30H,4,12-15,18-19H2,1-2H3. The quantitative estimate of drug-likeness (QED) is 0.389. The first-order valence-corrected chi connectivity index (χ1v) is 11.7. The van der Waals surface area contributed by atoms with E-state index in [2.05, 4.69) is 30.7 Å². The molecule has 0 spiro atoms. The van der Waals surface area contributed by atoms with Gasteiger partial charge in [0.05, 0.1) is 25.2 Å². The number of nitrogens with one attached hydrogen (secondary N) is 1. The Bertz CT molecular complexity index is 1150. The van der Waals surface area contributed by atoms with E-state index in [1.807, 2.05) is 68.8 Å². The third kappa shape index (κ3) is 5.46. The number of likely N-dealkylation sites (tertiary alicyclic amines) is 1. The van der Waals surface area contributed by atoms with Crippen molar-refractivity contribution >= 4 is 17.3 Å². The molecule has 1 aromatic heterocycles. The number of benzene rings is 2. The van der Waals surface area contributed by atoms with Crippen LogP contribution in [0.4, 0.5) is 11.4 Å². The van der Waals surface area contributed by atoms with Crippen LogP contribution < -0.4 is 5.32 Å². The van der Waals surface area contributed by atoms with Crippen molar-refractivity contribution in [3.63, 3.8) is 0 Å². The molecule has 7 nitrogen and oxygen atoms in total. The number of carbonyl (C=O) groups excluding carboxylic acids is 1. The van der Waals surface area contributed by atoms with Crippen molar-refractivity contribution in [1.82, 2.24) is 14.5 Å². The molecule has 0 amide bonds. The molecule has 34 heavy (non-hydrogen) atoms. The van der Waals surface area contributed by atoms with Crippen molar-refractivity contribution in [1.29, 1.82) is 0 Å². The lowest BCUT2D eigenvalue weighted by Gasteiger charge is -2.41. The van der Waals surface area contributed by atoms with Crippen molar-refractivity contribution in [3.8, 4) is 0 Å². The predicted octanol–water partition coefficient (Wildman–Crippen LogP) is 4.80. The molecule has 176 valence electrons. The molecule has 2 aromatic carbocycles. The van der Waals surface area contributed by atoms with Crippen molar-refractivity contribution in [2.75, 3.05) is 25.0 Å². The zero-order chi connectivity index (χ0) is 24.0. The summed E-state index contributed by atoms with van der Waals surface area (Å²) in [6.45, 7) is 14.4. The van der Waals surface area contributed by atoms with Gasteiger partial charge in [-0.3, -0.25) is 4.90 Å². The zero-order valence-corrected chi connectivity index (χ0v) is 19.8. The summed E-state index contributed by atoms with van der Waals surface area (Å²) in [5.74, 6) is -0.177. The smallest absolute Gasteiger partial charge is 0.331 e. The highest BCUT2D eigenvalue weighted by Gasteiger charge is 2.43. The van der Waals surface area contributed by atoms with Crippen molar-refractivity contribution in [2.45, 2.75) is 45.3 Å². The molecule has 0 radical (unpaired) electrons. The topological polar surface area (TPSA) is 63.8 Å². The van der Waals surface area contributed by atoms with Gasteiger partial charge in [0.15, 0.2) is 5.69 Å². The number of nitrogens with zero attached hydrogens (tertiary/aromatic N) is 4. The third-order valence-corrected chi connectivity index (χ3v) is 6.38. The SMILES string of the molecule is [C-]#[N+]c1ccc(Cn2cncc2CN2CCC(Nc3cccc(C)c3)(C(=O)OCC)CC2)cc1. The molecule has 1 fully saturated rings. The summed E-state index contributed by atoms with van der Waals surface area (Å²) >= 11 is 0. The van der Waals surface area contributed by atoms with Crippen LogP contribution in [0.2, 0.25) is 0 Å². The molecule has 1 aliphatic rings. The van der Waals surface area contributed by atoms with Gasteiger partial charge in [-0.25, -0.2) is 14.6 Å². The van der Waals surface area contributed by atoms with Crippen LogP contribution in [-0.4, -0.2) is 45.7 Å². The maximum absolute atomic E-state index is 13.0. The van der Waals surface area contributed by atoms with Crippen molar-refractivity contribution in [2.24, 2.45) is 0 Å². The first kappa shape index (κ1) is 23.5. The minimum atomic E-state index is -0.717. The lowest BCUT2D eigenvalue weighted by molar-refractivity contribution is -0.150. The third-order valence-electron chi connectivity index (χ3n) is 6.38. The Morgan fingerprint density at radius 1 is 1.18 bits per heavy atom. The van der Waals surface area contributed by atoms with Crippen LogP contribution in [0.15, 0.2) is 61.1 Å². The Morgan fingerprint density at radius 2 is 1.94 bits per heavy atom. The van der Waals surface area contributed by atoms with E-state index >= 15 is 0 Å². The Labute approximate surface area is 201 Å². The van der Waals surface area contributed by atoms with Gasteiger partial charge in [-0.2, -0.15) is 0 Å². The van der Waals surface area contributed by atoms with E-state index in [1.54, 1.807) is 0 Å². The maximum Gasteiger partial charge on any atom is 0.331 e. The molecule has 1 N–H and O–H groups in total. The molecule has 4 rings (SSSR count). The summed E-state index contributed by atoms with van der Waals surface area (Å²) in [5.41, 5.74) is 4.29. The van der Waals surface area contributed by atoms with Gasteiger partial charge in [0, 0.05) is 38.1 Å². The van der Waals surface area contributed by atoms with E-state index in [4.69, 9.17) is 11.3 Å². The second-order valence-electron chi connectivity index (χ2n) is 8.86. The Kier molecular flexibility index (Phi) is 7.29. The summed E-state index contributed by atoms with van der Waals surface area (Å²) in [7, 11) is 0. The van der Waals surface area contributed by atoms with Crippen LogP contribution in [-0.2, 0) is 22.6 Å². The molecular weight excluding hydrogens is 426 g/mol. The number of carbonyl (C=O) groups is 1. The van der Waals surface area contributed by atoms with E-state index in [9.17, 15) is 4.79 Å². The number of rotatable bonds is 8. The van der Waals surface area contributed by atoms with Gasteiger partial charge in [-0.1, -0.05) is 36.4 Å². The highest BCUT2D eigenvalue weighted by molar-refractivity contribution is 5.85. The van der Waals surface area contributed by atoms with Gasteiger partial charge in [0.1, 0.15) is 5.54 Å². The molecule has 7 heteroatoms. The van der Waals surface area contributed by atoms with Crippen LogP contribution >= 0.6 is 0 Å². The largest absolute Gasteiger partial charge is 0.464 e. The maximum atomic E-state index is 13.0. The van der Waals surface area contributed by atoms with E-state index < -0.39 is 5.54 Å². The van der Waals surface area contributed by atoms with Gasteiger partial charge in [0.25, 0.3) is 0 Å². The normalized spacial score (nSPS) is 15.4. The highest BCUT2D eigenvalue weighted by Crippen LogP contribution is 2.30. The summed E-state index contributed by atoms with van der Waals surface area (Å²) in [6.07, 6.45) is 5.11. The van der Waals surface area contributed by atoms with Crippen LogP contribution in [0.5, 0.6) is 0 Å². The van der Waals surface area contributed by atoms with E-state index in [1.165, 1.54) is 0 Å². The molecule has 0 bridgehead atoms. The lowest BCUT2D eigenvalue weighted by atomic mass is 9.86. The highest BCUT2D eigenvalue weighted by atomic mass is 16.5. The molecular formula is C27H31N5O2. The molecule has 0 saturated carbocycles. The molecule has 2 heterocycles. The fraction of sp³-hybridized carbons (Fsp3) is 0.370. The van der Waals surface area contributed by atoms with E-state index in [0.29, 0.717) is 31.7 Å². The summed E-state index contributed by atoms with van der Waals surface area (Å²) in [6, 6.07) is 15.8. The number of anilines is 1. The fourth-order valence-electron chi connectivity index (χ4n) is 4.47. The summed E-state index contributed by atoms with van der Waals surface area (Å²) < 4.78 is 7.62. The zero-order valence-electron chi connectivity index (χ0n) is 19.8. The average molecular weight is 458 g/mol. The van der Waals surface area contributed by atoms with Crippen molar-refractivity contribution < 1.29 is 9.53 Å². The lowest BCUT2D eigenvalue weighted by Crippen LogP contribution is -2.55. The van der Waals surface area contributed by atoms with Crippen LogP contribution in [0.1, 0.15) is 36.6 Å². The Morgan fingerprint density at radius 3 is 2.62 bits per heavy atom. The number of imidazole rings is 1.